The number of hydrogen-bond acceptors (Lipinski definition) is 3. The van der Waals surface area contributed by atoms with Gasteiger partial charge in [0.1, 0.15) is 11.6 Å². The quantitative estimate of drug-likeness (QED) is 0.501. The molecule has 7 heteroatoms. The summed E-state index contributed by atoms with van der Waals surface area (Å²) in [6.07, 6.45) is 3.20. The Bertz CT molecular complexity index is 1190. The molecule has 0 spiro atoms. The number of aromatic nitrogens is 2. The smallest absolute Gasteiger partial charge is 0.266 e. The fraction of sp³-hybridized carbons (Fsp3) is 0.375. The van der Waals surface area contributed by atoms with Gasteiger partial charge in [-0.3, -0.25) is 14.2 Å². The Hall–Kier alpha value is -2.73. The van der Waals surface area contributed by atoms with Crippen LogP contribution in [0.3, 0.4) is 0 Å². The van der Waals surface area contributed by atoms with E-state index in [-0.39, 0.29) is 28.4 Å². The van der Waals surface area contributed by atoms with E-state index in [4.69, 9.17) is 16.6 Å². The highest BCUT2D eigenvalue weighted by atomic mass is 35.5. The Morgan fingerprint density at radius 3 is 2.65 bits per heavy atom. The van der Waals surface area contributed by atoms with Crippen LogP contribution in [-0.4, -0.2) is 26.9 Å². The van der Waals surface area contributed by atoms with Crippen LogP contribution in [0.1, 0.15) is 51.4 Å². The van der Waals surface area contributed by atoms with Gasteiger partial charge in [-0.15, -0.1) is 0 Å². The number of halogens is 2. The third-order valence-corrected chi connectivity index (χ3v) is 5.99. The summed E-state index contributed by atoms with van der Waals surface area (Å²) in [4.78, 5) is 33.3. The zero-order valence-corrected chi connectivity index (χ0v) is 18.4. The second-order valence-corrected chi connectivity index (χ2v) is 8.36. The van der Waals surface area contributed by atoms with Crippen molar-refractivity contribution in [3.63, 3.8) is 0 Å². The summed E-state index contributed by atoms with van der Waals surface area (Å²) in [6, 6.07) is 10.9. The molecule has 0 N–H and O–H groups in total. The van der Waals surface area contributed by atoms with Crippen molar-refractivity contribution in [2.45, 2.75) is 45.6 Å². The maximum Gasteiger partial charge on any atom is 0.266 e. The minimum absolute atomic E-state index is 0.0569. The molecule has 1 aliphatic rings. The summed E-state index contributed by atoms with van der Waals surface area (Å²) in [7, 11) is 0. The Morgan fingerprint density at radius 2 is 2.00 bits per heavy atom. The molecule has 0 aliphatic heterocycles. The van der Waals surface area contributed by atoms with E-state index in [0.29, 0.717) is 35.4 Å². The average Bonchev–Trinajstić information content (AvgIpc) is 3.61. The molecule has 1 aliphatic carbocycles. The summed E-state index contributed by atoms with van der Waals surface area (Å²) in [5, 5.41) is 0.383. The molecule has 1 aromatic heterocycles. The van der Waals surface area contributed by atoms with Crippen molar-refractivity contribution in [2.75, 3.05) is 6.54 Å². The highest BCUT2D eigenvalue weighted by Gasteiger charge is 2.37. The molecule has 3 aromatic rings. The summed E-state index contributed by atoms with van der Waals surface area (Å²) >= 11 is 6.04. The Kier molecular flexibility index (Phi) is 6.10. The van der Waals surface area contributed by atoms with Gasteiger partial charge in [-0.25, -0.2) is 9.37 Å². The Labute approximate surface area is 185 Å². The largest absolute Gasteiger partial charge is 0.332 e. The molecule has 1 heterocycles. The summed E-state index contributed by atoms with van der Waals surface area (Å²) in [6.45, 7) is 4.60. The maximum absolute atomic E-state index is 13.8. The van der Waals surface area contributed by atoms with Crippen molar-refractivity contribution in [1.29, 1.82) is 0 Å². The number of hydrogen-bond donors (Lipinski definition) is 0. The summed E-state index contributed by atoms with van der Waals surface area (Å²) in [5.41, 5.74) is 0.733. The molecule has 5 nitrogen and oxygen atoms in total. The van der Waals surface area contributed by atoms with Gasteiger partial charge in [0.25, 0.3) is 5.56 Å². The number of rotatable bonds is 7. The van der Waals surface area contributed by atoms with Crippen LogP contribution < -0.4 is 5.56 Å². The van der Waals surface area contributed by atoms with Gasteiger partial charge in [-0.1, -0.05) is 37.6 Å². The van der Waals surface area contributed by atoms with Crippen LogP contribution in [0.25, 0.3) is 16.6 Å². The van der Waals surface area contributed by atoms with Crippen molar-refractivity contribution in [3.05, 3.63) is 69.5 Å². The van der Waals surface area contributed by atoms with Crippen LogP contribution in [0.2, 0.25) is 5.02 Å². The average molecular weight is 442 g/mol. The van der Waals surface area contributed by atoms with Crippen LogP contribution in [0, 0.1) is 11.7 Å². The number of nitrogens with zero attached hydrogens (tertiary/aromatic N) is 3. The van der Waals surface area contributed by atoms with Gasteiger partial charge in [0.05, 0.1) is 27.7 Å². The minimum atomic E-state index is -0.558. The lowest BCUT2D eigenvalue weighted by atomic mass is 10.1. The van der Waals surface area contributed by atoms with Crippen LogP contribution in [0.4, 0.5) is 4.39 Å². The molecule has 1 atom stereocenters. The van der Waals surface area contributed by atoms with Crippen molar-refractivity contribution in [3.8, 4) is 5.69 Å². The Balaban J connectivity index is 1.97. The zero-order valence-electron chi connectivity index (χ0n) is 17.6. The molecule has 0 saturated heterocycles. The van der Waals surface area contributed by atoms with Crippen LogP contribution >= 0.6 is 11.6 Å². The fourth-order valence-corrected chi connectivity index (χ4v) is 4.19. The minimum Gasteiger partial charge on any atom is -0.332 e. The molecule has 2 aromatic carbocycles. The van der Waals surface area contributed by atoms with E-state index in [1.165, 1.54) is 22.8 Å². The normalized spacial score (nSPS) is 14.6. The molecule has 4 rings (SSSR count). The van der Waals surface area contributed by atoms with Gasteiger partial charge in [-0.2, -0.15) is 0 Å². The number of fused-ring (bicyclic) bond motifs is 1. The van der Waals surface area contributed by atoms with E-state index in [9.17, 15) is 14.0 Å². The second-order valence-electron chi connectivity index (χ2n) is 7.96. The highest BCUT2D eigenvalue weighted by Crippen LogP contribution is 2.35. The second kappa shape index (κ2) is 8.79. The molecule has 31 heavy (non-hydrogen) atoms. The maximum atomic E-state index is 13.8. The van der Waals surface area contributed by atoms with E-state index in [1.807, 2.05) is 24.8 Å². The number of benzene rings is 2. The van der Waals surface area contributed by atoms with E-state index in [2.05, 4.69) is 0 Å². The van der Waals surface area contributed by atoms with Gasteiger partial charge in [0.15, 0.2) is 0 Å². The highest BCUT2D eigenvalue weighted by molar-refractivity contribution is 6.30. The fourth-order valence-electron chi connectivity index (χ4n) is 4.01. The molecule has 0 bridgehead atoms. The number of carbonyl (C=O) groups excluding carboxylic acids is 1. The predicted molar refractivity (Wildman–Crippen MR) is 120 cm³/mol. The first-order chi connectivity index (χ1) is 15.0. The molecular formula is C24H25ClFN3O2. The topological polar surface area (TPSA) is 55.2 Å². The van der Waals surface area contributed by atoms with Crippen molar-refractivity contribution in [1.82, 2.24) is 14.5 Å². The molecule has 0 radical (unpaired) electrons. The SMILES string of the molecule is CCCN(C(=O)C1CC1)C(CC)c1nc2ccccc2c(=O)n1-c1ccc(F)c(Cl)c1. The number of amides is 1. The lowest BCUT2D eigenvalue weighted by Crippen LogP contribution is -2.39. The van der Waals surface area contributed by atoms with Gasteiger partial charge < -0.3 is 4.90 Å². The van der Waals surface area contributed by atoms with E-state index in [1.54, 1.807) is 18.2 Å². The van der Waals surface area contributed by atoms with E-state index >= 15 is 0 Å². The van der Waals surface area contributed by atoms with Crippen molar-refractivity contribution in [2.24, 2.45) is 5.92 Å². The summed E-state index contributed by atoms with van der Waals surface area (Å²) in [5.74, 6) is 0.0786. The molecule has 1 unspecified atom stereocenters. The zero-order chi connectivity index (χ0) is 22.1. The van der Waals surface area contributed by atoms with Gasteiger partial charge in [0.2, 0.25) is 5.91 Å². The third-order valence-electron chi connectivity index (χ3n) is 5.70. The van der Waals surface area contributed by atoms with Gasteiger partial charge in [-0.05, 0) is 56.0 Å². The first kappa shape index (κ1) is 21.5. The molecule has 1 amide bonds. The molecule has 1 fully saturated rings. The van der Waals surface area contributed by atoms with Crippen LogP contribution in [0.15, 0.2) is 47.3 Å². The number of carbonyl (C=O) groups is 1. The van der Waals surface area contributed by atoms with Crippen LogP contribution in [0.5, 0.6) is 0 Å². The first-order valence-electron chi connectivity index (χ1n) is 10.7. The standard InChI is InChI=1S/C24H25ClFN3O2/c1-3-13-28(23(30)15-9-10-15)21(4-2)22-27-20-8-6-5-7-17(20)24(31)29(22)16-11-12-19(26)18(25)14-16/h5-8,11-12,14-15,21H,3-4,9-10,13H2,1-2H3. The molecular weight excluding hydrogens is 417 g/mol. The Morgan fingerprint density at radius 1 is 1.26 bits per heavy atom. The lowest BCUT2D eigenvalue weighted by Gasteiger charge is -2.32. The monoisotopic (exact) mass is 441 g/mol. The van der Waals surface area contributed by atoms with Gasteiger partial charge in [0, 0.05) is 12.5 Å². The molecule has 162 valence electrons. The first-order valence-corrected chi connectivity index (χ1v) is 11.1. The van der Waals surface area contributed by atoms with Gasteiger partial charge >= 0.3 is 0 Å². The predicted octanol–water partition coefficient (Wildman–Crippen LogP) is 5.28. The van der Waals surface area contributed by atoms with E-state index in [0.717, 1.165) is 19.3 Å². The lowest BCUT2D eigenvalue weighted by molar-refractivity contribution is -0.135. The molecule has 1 saturated carbocycles. The van der Waals surface area contributed by atoms with Crippen molar-refractivity contribution >= 4 is 28.4 Å². The van der Waals surface area contributed by atoms with Crippen LogP contribution in [-0.2, 0) is 4.79 Å². The van der Waals surface area contributed by atoms with E-state index < -0.39 is 5.82 Å². The van der Waals surface area contributed by atoms with Crippen molar-refractivity contribution < 1.29 is 9.18 Å². The third kappa shape index (κ3) is 4.09. The summed E-state index contributed by atoms with van der Waals surface area (Å²) < 4.78 is 15.3. The number of para-hydroxylation sites is 1.